The van der Waals surface area contributed by atoms with Crippen LogP contribution >= 0.6 is 0 Å². The fraction of sp³-hybridized carbons (Fsp3) is 0.455. The molecule has 2 aromatic carbocycles. The average molecular weight is 603 g/mol. The van der Waals surface area contributed by atoms with E-state index in [0.29, 0.717) is 47.6 Å². The molecule has 11 heteroatoms. The van der Waals surface area contributed by atoms with Crippen LogP contribution in [-0.4, -0.2) is 58.8 Å². The Hall–Kier alpha value is -4.54. The molecule has 3 aromatic rings. The lowest BCUT2D eigenvalue weighted by atomic mass is 9.90. The van der Waals surface area contributed by atoms with Crippen LogP contribution in [-0.2, 0) is 17.8 Å². The predicted molar refractivity (Wildman–Crippen MR) is 169 cm³/mol. The smallest absolute Gasteiger partial charge is 0.407 e. The molecule has 1 saturated carbocycles. The van der Waals surface area contributed by atoms with E-state index in [9.17, 15) is 9.59 Å². The van der Waals surface area contributed by atoms with Crippen LogP contribution < -0.4 is 25.4 Å². The third kappa shape index (κ3) is 7.32. The number of aryl methyl sites for hydroxylation is 1. The van der Waals surface area contributed by atoms with E-state index < -0.39 is 11.7 Å². The molecule has 0 unspecified atom stereocenters. The first kappa shape index (κ1) is 30.9. The van der Waals surface area contributed by atoms with E-state index in [1.807, 2.05) is 70.2 Å². The second-order valence-corrected chi connectivity index (χ2v) is 12.3. The number of benzene rings is 2. The van der Waals surface area contributed by atoms with Crippen molar-refractivity contribution in [2.75, 3.05) is 24.9 Å². The van der Waals surface area contributed by atoms with Crippen LogP contribution in [0.25, 0.3) is 0 Å². The molecule has 11 nitrogen and oxygen atoms in total. The number of alkyl carbamates (subject to hydrolysis) is 1. The average Bonchev–Trinajstić information content (AvgIpc) is 3.28. The van der Waals surface area contributed by atoms with Crippen molar-refractivity contribution in [1.82, 2.24) is 20.2 Å². The predicted octanol–water partition coefficient (Wildman–Crippen LogP) is 5.95. The first-order chi connectivity index (χ1) is 21.0. The van der Waals surface area contributed by atoms with Gasteiger partial charge < -0.3 is 35.1 Å². The summed E-state index contributed by atoms with van der Waals surface area (Å²) in [6.45, 7) is 8.20. The van der Waals surface area contributed by atoms with Gasteiger partial charge in [-0.05, 0) is 70.4 Å². The molecule has 2 aliphatic rings. The molecule has 1 aliphatic heterocycles. The zero-order valence-corrected chi connectivity index (χ0v) is 26.3. The number of hydrogen-bond donors (Lipinski definition) is 3. The molecule has 0 radical (unpaired) electrons. The van der Waals surface area contributed by atoms with Crippen LogP contribution in [0.2, 0.25) is 0 Å². The summed E-state index contributed by atoms with van der Waals surface area (Å²) in [7, 11) is 3.20. The zero-order chi connectivity index (χ0) is 31.4. The van der Waals surface area contributed by atoms with Crippen molar-refractivity contribution in [1.29, 1.82) is 0 Å². The summed E-state index contributed by atoms with van der Waals surface area (Å²) in [4.78, 5) is 37.8. The lowest BCUT2D eigenvalue weighted by Gasteiger charge is -2.33. The lowest BCUT2D eigenvalue weighted by molar-refractivity contribution is 0.0488. The van der Waals surface area contributed by atoms with Crippen LogP contribution in [0.4, 0.5) is 22.2 Å². The Bertz CT molecular complexity index is 1520. The Morgan fingerprint density at radius 2 is 1.80 bits per heavy atom. The Labute approximate surface area is 258 Å². The summed E-state index contributed by atoms with van der Waals surface area (Å²) in [5.41, 5.74) is 3.24. The molecule has 2 atom stereocenters. The summed E-state index contributed by atoms with van der Waals surface area (Å²) in [5, 5.41) is 9.90. The van der Waals surface area contributed by atoms with E-state index in [1.54, 1.807) is 19.1 Å². The summed E-state index contributed by atoms with van der Waals surface area (Å²) in [5.74, 6) is 1.99. The number of nitrogens with zero attached hydrogens (tertiary/aromatic N) is 3. The van der Waals surface area contributed by atoms with Crippen molar-refractivity contribution in [3.05, 3.63) is 64.8 Å². The van der Waals surface area contributed by atoms with Gasteiger partial charge in [0, 0.05) is 23.4 Å². The van der Waals surface area contributed by atoms with E-state index in [2.05, 4.69) is 16.0 Å². The number of nitrogens with one attached hydrogen (secondary N) is 3. The van der Waals surface area contributed by atoms with Gasteiger partial charge in [0.05, 0.1) is 39.0 Å². The largest absolute Gasteiger partial charge is 0.497 e. The number of ether oxygens (including phenoxy) is 3. The first-order valence-electron chi connectivity index (χ1n) is 15.0. The summed E-state index contributed by atoms with van der Waals surface area (Å²) < 4.78 is 16.4. The van der Waals surface area contributed by atoms with Crippen molar-refractivity contribution < 1.29 is 23.8 Å². The monoisotopic (exact) mass is 602 g/mol. The maximum atomic E-state index is 13.8. The Morgan fingerprint density at radius 3 is 2.50 bits per heavy atom. The number of amides is 2. The highest BCUT2D eigenvalue weighted by Gasteiger charge is 2.35. The molecule has 234 valence electrons. The van der Waals surface area contributed by atoms with Crippen molar-refractivity contribution in [3.63, 3.8) is 0 Å². The van der Waals surface area contributed by atoms with Gasteiger partial charge in [0.2, 0.25) is 5.95 Å². The van der Waals surface area contributed by atoms with E-state index in [4.69, 9.17) is 24.2 Å². The van der Waals surface area contributed by atoms with Crippen LogP contribution in [0.1, 0.15) is 73.6 Å². The lowest BCUT2D eigenvalue weighted by Crippen LogP contribution is -2.50. The zero-order valence-electron chi connectivity index (χ0n) is 26.3. The summed E-state index contributed by atoms with van der Waals surface area (Å²) in [6, 6.07) is 13.2. The van der Waals surface area contributed by atoms with Crippen LogP contribution in [0.15, 0.2) is 42.5 Å². The van der Waals surface area contributed by atoms with Gasteiger partial charge in [-0.2, -0.15) is 4.98 Å². The number of carbonyl (C=O) groups excluding carboxylic acids is 2. The van der Waals surface area contributed by atoms with Gasteiger partial charge in [0.1, 0.15) is 28.5 Å². The van der Waals surface area contributed by atoms with Crippen molar-refractivity contribution in [2.45, 2.75) is 84.2 Å². The van der Waals surface area contributed by atoms with Crippen molar-refractivity contribution >= 4 is 29.5 Å². The normalized spacial score (nSPS) is 18.0. The van der Waals surface area contributed by atoms with Crippen molar-refractivity contribution in [2.24, 2.45) is 0 Å². The topological polar surface area (TPSA) is 127 Å². The van der Waals surface area contributed by atoms with Crippen molar-refractivity contribution in [3.8, 4) is 11.5 Å². The fourth-order valence-electron chi connectivity index (χ4n) is 5.69. The van der Waals surface area contributed by atoms with E-state index in [-0.39, 0.29) is 18.0 Å². The number of fused-ring (bicyclic) bond motifs is 1. The van der Waals surface area contributed by atoms with Crippen LogP contribution in [0, 0.1) is 6.92 Å². The third-order valence-electron chi connectivity index (χ3n) is 7.74. The molecule has 2 amide bonds. The van der Waals surface area contributed by atoms with Gasteiger partial charge in [-0.25, -0.2) is 9.78 Å². The third-order valence-corrected chi connectivity index (χ3v) is 7.74. The van der Waals surface area contributed by atoms with Gasteiger partial charge in [-0.3, -0.25) is 4.79 Å². The first-order valence-corrected chi connectivity index (χ1v) is 15.0. The molecule has 44 heavy (non-hydrogen) atoms. The molecule has 0 bridgehead atoms. The van der Waals surface area contributed by atoms with E-state index in [0.717, 1.165) is 42.5 Å². The SMILES string of the molecule is COc1ccc(CN2Cc3nc(N[C@@H]4CCCC[C@@H]4NC(=O)OC(C)(C)C)nc(Nc4cccc(C)c4)c3C2=O)c(OC)c1. The maximum absolute atomic E-state index is 13.8. The highest BCUT2D eigenvalue weighted by Crippen LogP contribution is 2.34. The molecule has 3 N–H and O–H groups in total. The molecule has 0 saturated heterocycles. The molecule has 5 rings (SSSR count). The molecule has 0 spiro atoms. The van der Waals surface area contributed by atoms with Gasteiger partial charge >= 0.3 is 6.09 Å². The Kier molecular flexibility index (Phi) is 9.12. The molecular formula is C33H42N6O5. The standard InChI is InChI=1S/C33H42N6O5/c1-20-10-9-11-22(16-20)34-29-28-26(19-39(30(28)40)18-21-14-15-23(42-5)17-27(21)43-6)36-31(38-29)35-24-12-7-8-13-25(24)37-32(41)44-33(2,3)4/h9-11,14-17,24-25H,7-8,12-13,18-19H2,1-6H3,(H,37,41)(H2,34,35,36,38)/t24-,25+/m1/s1. The van der Waals surface area contributed by atoms with E-state index in [1.165, 1.54) is 0 Å². The van der Waals surface area contributed by atoms with Crippen LogP contribution in [0.5, 0.6) is 11.5 Å². The van der Waals surface area contributed by atoms with Gasteiger partial charge in [0.25, 0.3) is 5.91 Å². The quantitative estimate of drug-likeness (QED) is 0.272. The Balaban J connectivity index is 1.43. The minimum Gasteiger partial charge on any atom is -0.497 e. The summed E-state index contributed by atoms with van der Waals surface area (Å²) in [6.07, 6.45) is 3.22. The highest BCUT2D eigenvalue weighted by molar-refractivity contribution is 6.03. The molecule has 1 aliphatic carbocycles. The van der Waals surface area contributed by atoms with Crippen LogP contribution in [0.3, 0.4) is 0 Å². The molecule has 2 heterocycles. The summed E-state index contributed by atoms with van der Waals surface area (Å²) >= 11 is 0. The minimum atomic E-state index is -0.588. The number of rotatable bonds is 9. The van der Waals surface area contributed by atoms with E-state index >= 15 is 0 Å². The molecular weight excluding hydrogens is 560 g/mol. The van der Waals surface area contributed by atoms with Gasteiger partial charge in [0.15, 0.2) is 0 Å². The molecule has 1 aromatic heterocycles. The number of methoxy groups -OCH3 is 2. The number of hydrogen-bond acceptors (Lipinski definition) is 9. The number of aromatic nitrogens is 2. The minimum absolute atomic E-state index is 0.0992. The second kappa shape index (κ2) is 13.0. The Morgan fingerprint density at radius 1 is 1.02 bits per heavy atom. The highest BCUT2D eigenvalue weighted by atomic mass is 16.6. The number of anilines is 3. The maximum Gasteiger partial charge on any atom is 0.407 e. The van der Waals surface area contributed by atoms with Gasteiger partial charge in [-0.1, -0.05) is 25.0 Å². The number of carbonyl (C=O) groups is 2. The molecule has 1 fully saturated rings. The fourth-order valence-corrected chi connectivity index (χ4v) is 5.69. The van der Waals surface area contributed by atoms with Gasteiger partial charge in [-0.15, -0.1) is 0 Å². The second-order valence-electron chi connectivity index (χ2n) is 12.3.